The first kappa shape index (κ1) is 22.6. The molecule has 35 heavy (non-hydrogen) atoms. The average molecular weight is 481 g/mol. The molecule has 0 bridgehead atoms. The number of hydrogen-bond acceptors (Lipinski definition) is 9. The van der Waals surface area contributed by atoms with Crippen LogP contribution in [0.1, 0.15) is 12.8 Å². The van der Waals surface area contributed by atoms with E-state index in [0.717, 1.165) is 0 Å². The topological polar surface area (TPSA) is 125 Å². The van der Waals surface area contributed by atoms with Crippen molar-refractivity contribution in [3.05, 3.63) is 46.8 Å². The first-order valence-electron chi connectivity index (χ1n) is 11.1. The Balaban J connectivity index is 1.37. The lowest BCUT2D eigenvalue weighted by Gasteiger charge is -2.22. The number of hydrogen-bond donors (Lipinski definition) is 1. The fourth-order valence-corrected chi connectivity index (χ4v) is 4.38. The van der Waals surface area contributed by atoms with Crippen LogP contribution in [-0.2, 0) is 14.3 Å². The van der Waals surface area contributed by atoms with E-state index in [4.69, 9.17) is 23.4 Å². The molecule has 182 valence electrons. The normalized spacial score (nSPS) is 16.8. The molecule has 0 aliphatic carbocycles. The molecule has 1 fully saturated rings. The van der Waals surface area contributed by atoms with Gasteiger partial charge in [-0.25, -0.2) is 4.79 Å². The predicted molar refractivity (Wildman–Crippen MR) is 123 cm³/mol. The second-order valence-corrected chi connectivity index (χ2v) is 8.21. The van der Waals surface area contributed by atoms with E-state index >= 15 is 0 Å². The van der Waals surface area contributed by atoms with E-state index in [1.807, 2.05) is 0 Å². The molecule has 2 aliphatic heterocycles. The van der Waals surface area contributed by atoms with Crippen molar-refractivity contribution in [3.63, 3.8) is 0 Å². The third-order valence-electron chi connectivity index (χ3n) is 6.09. The third kappa shape index (κ3) is 4.23. The fraction of sp³-hybridized carbons (Fsp3) is 0.320. The van der Waals surface area contributed by atoms with Gasteiger partial charge in [-0.05, 0) is 30.5 Å². The van der Waals surface area contributed by atoms with E-state index in [0.29, 0.717) is 49.7 Å². The van der Waals surface area contributed by atoms with Crippen LogP contribution in [0.15, 0.2) is 45.8 Å². The molecule has 2 aromatic carbocycles. The Bertz CT molecular complexity index is 1360. The Morgan fingerprint density at radius 2 is 1.94 bits per heavy atom. The number of likely N-dealkylation sites (tertiary alicyclic amines) is 1. The largest absolute Gasteiger partial charge is 0.507 e. The summed E-state index contributed by atoms with van der Waals surface area (Å²) in [5, 5.41) is 10.6. The average Bonchev–Trinajstić information content (AvgIpc) is 3.37. The first-order valence-corrected chi connectivity index (χ1v) is 11.1. The molecule has 0 radical (unpaired) electrons. The Morgan fingerprint density at radius 3 is 2.74 bits per heavy atom. The van der Waals surface area contributed by atoms with Crippen molar-refractivity contribution < 1.29 is 38.1 Å². The lowest BCUT2D eigenvalue weighted by Crippen LogP contribution is -2.43. The highest BCUT2D eigenvalue weighted by Gasteiger charge is 2.35. The van der Waals surface area contributed by atoms with Gasteiger partial charge in [-0.1, -0.05) is 6.07 Å². The minimum absolute atomic E-state index is 0.0126. The number of aromatic hydroxyl groups is 1. The van der Waals surface area contributed by atoms with Crippen molar-refractivity contribution in [2.75, 3.05) is 33.5 Å². The van der Waals surface area contributed by atoms with Crippen LogP contribution in [0.5, 0.6) is 23.0 Å². The molecule has 5 rings (SSSR count). The highest BCUT2D eigenvalue weighted by atomic mass is 16.6. The number of fused-ring (bicyclic) bond motifs is 2. The Kier molecular flexibility index (Phi) is 5.94. The van der Waals surface area contributed by atoms with Gasteiger partial charge in [0.15, 0.2) is 18.1 Å². The smallest absolute Gasteiger partial charge is 0.328 e. The maximum Gasteiger partial charge on any atom is 0.328 e. The van der Waals surface area contributed by atoms with Gasteiger partial charge < -0.3 is 33.4 Å². The summed E-state index contributed by atoms with van der Waals surface area (Å²) in [6, 6.07) is 7.17. The Hall–Kier alpha value is -4.21. The highest BCUT2D eigenvalue weighted by Crippen LogP contribution is 2.35. The number of phenols is 1. The van der Waals surface area contributed by atoms with E-state index in [2.05, 4.69) is 0 Å². The summed E-state index contributed by atoms with van der Waals surface area (Å²) < 4.78 is 27.0. The van der Waals surface area contributed by atoms with Crippen LogP contribution >= 0.6 is 0 Å². The molecule has 1 amide bonds. The second-order valence-electron chi connectivity index (χ2n) is 8.21. The summed E-state index contributed by atoms with van der Waals surface area (Å²) in [7, 11) is 1.28. The van der Waals surface area contributed by atoms with Crippen molar-refractivity contribution in [3.8, 4) is 34.1 Å². The molecule has 10 heteroatoms. The molecule has 3 heterocycles. The number of nitrogens with zero attached hydrogens (tertiary/aromatic N) is 1. The van der Waals surface area contributed by atoms with Gasteiger partial charge in [0.05, 0.1) is 12.7 Å². The summed E-state index contributed by atoms with van der Waals surface area (Å²) in [5.74, 6) is 0.0799. The summed E-state index contributed by atoms with van der Waals surface area (Å²) in [6.07, 6.45) is 2.53. The SMILES string of the molecule is COC(=O)C1CCCN1C(=O)COc1cc(O)c2c(=O)c(-c3ccc4c(c3)OCCO4)coc2c1. The summed E-state index contributed by atoms with van der Waals surface area (Å²) in [4.78, 5) is 39.1. The standard InChI is InChI=1S/C25H23NO9/c1-31-25(30)17-3-2-6-26(17)22(28)13-34-15-10-18(27)23-21(11-15)35-12-16(24(23)29)14-4-5-19-20(9-14)33-8-7-32-19/h4-5,9-12,17,27H,2-3,6-8,13H2,1H3. The van der Waals surface area contributed by atoms with Crippen molar-refractivity contribution in [1.29, 1.82) is 0 Å². The summed E-state index contributed by atoms with van der Waals surface area (Å²) in [6.45, 7) is 0.953. The minimum Gasteiger partial charge on any atom is -0.507 e. The lowest BCUT2D eigenvalue weighted by atomic mass is 10.0. The van der Waals surface area contributed by atoms with Gasteiger partial charge in [-0.15, -0.1) is 0 Å². The van der Waals surface area contributed by atoms with Crippen LogP contribution in [0.2, 0.25) is 0 Å². The lowest BCUT2D eigenvalue weighted by molar-refractivity contribution is -0.151. The van der Waals surface area contributed by atoms with Crippen molar-refractivity contribution in [1.82, 2.24) is 4.90 Å². The zero-order chi connectivity index (χ0) is 24.5. The number of methoxy groups -OCH3 is 1. The molecule has 1 N–H and O–H groups in total. The molecule has 0 spiro atoms. The number of esters is 1. The summed E-state index contributed by atoms with van der Waals surface area (Å²) >= 11 is 0. The fourth-order valence-electron chi connectivity index (χ4n) is 4.38. The Morgan fingerprint density at radius 1 is 1.14 bits per heavy atom. The molecule has 2 aliphatic rings. The molecule has 1 atom stereocenters. The quantitative estimate of drug-likeness (QED) is 0.547. The van der Waals surface area contributed by atoms with Crippen molar-refractivity contribution in [2.24, 2.45) is 0 Å². The molecule has 1 unspecified atom stereocenters. The van der Waals surface area contributed by atoms with Gasteiger partial charge in [0.25, 0.3) is 5.91 Å². The Labute approximate surface area is 199 Å². The van der Waals surface area contributed by atoms with Gasteiger partial charge in [-0.3, -0.25) is 9.59 Å². The number of carbonyl (C=O) groups is 2. The second kappa shape index (κ2) is 9.21. The maximum atomic E-state index is 13.2. The van der Waals surface area contributed by atoms with E-state index < -0.39 is 17.4 Å². The molecule has 10 nitrogen and oxygen atoms in total. The molecule has 0 saturated carbocycles. The molecule has 1 aromatic heterocycles. The summed E-state index contributed by atoms with van der Waals surface area (Å²) in [5.41, 5.74) is 0.478. The number of amides is 1. The molecular weight excluding hydrogens is 458 g/mol. The van der Waals surface area contributed by atoms with Crippen LogP contribution in [0.25, 0.3) is 22.1 Å². The highest BCUT2D eigenvalue weighted by molar-refractivity contribution is 5.89. The monoisotopic (exact) mass is 481 g/mol. The molecule has 3 aromatic rings. The van der Waals surface area contributed by atoms with E-state index in [-0.39, 0.29) is 40.5 Å². The van der Waals surface area contributed by atoms with Gasteiger partial charge in [0.1, 0.15) is 48.0 Å². The van der Waals surface area contributed by atoms with Crippen LogP contribution in [-0.4, -0.2) is 61.4 Å². The van der Waals surface area contributed by atoms with Gasteiger partial charge in [0.2, 0.25) is 5.43 Å². The third-order valence-corrected chi connectivity index (χ3v) is 6.09. The predicted octanol–water partition coefficient (Wildman–Crippen LogP) is 2.48. The van der Waals surface area contributed by atoms with Crippen LogP contribution in [0.4, 0.5) is 0 Å². The van der Waals surface area contributed by atoms with Crippen LogP contribution < -0.4 is 19.6 Å². The number of carbonyl (C=O) groups excluding carboxylic acids is 2. The minimum atomic E-state index is -0.627. The maximum absolute atomic E-state index is 13.2. The van der Waals surface area contributed by atoms with E-state index in [9.17, 15) is 19.5 Å². The number of benzene rings is 2. The molecule has 1 saturated heterocycles. The van der Waals surface area contributed by atoms with Crippen molar-refractivity contribution >= 4 is 22.8 Å². The van der Waals surface area contributed by atoms with Gasteiger partial charge in [-0.2, -0.15) is 0 Å². The number of phenolic OH excluding ortho intramolecular Hbond substituents is 1. The molecular formula is C25H23NO9. The van der Waals surface area contributed by atoms with Crippen molar-refractivity contribution in [2.45, 2.75) is 18.9 Å². The van der Waals surface area contributed by atoms with Crippen LogP contribution in [0, 0.1) is 0 Å². The number of ether oxygens (including phenoxy) is 4. The van der Waals surface area contributed by atoms with Crippen LogP contribution in [0.3, 0.4) is 0 Å². The van der Waals surface area contributed by atoms with Gasteiger partial charge in [0, 0.05) is 18.7 Å². The zero-order valence-electron chi connectivity index (χ0n) is 18.9. The first-order chi connectivity index (χ1) is 17.0. The van der Waals surface area contributed by atoms with E-state index in [1.54, 1.807) is 18.2 Å². The van der Waals surface area contributed by atoms with E-state index in [1.165, 1.54) is 30.4 Å². The number of rotatable bonds is 5. The zero-order valence-corrected chi connectivity index (χ0v) is 18.9. The van der Waals surface area contributed by atoms with Gasteiger partial charge >= 0.3 is 5.97 Å².